The Hall–Kier alpha value is -2.36. The molecule has 2 aliphatic heterocycles. The average Bonchev–Trinajstić information content (AvgIpc) is 3.03. The summed E-state index contributed by atoms with van der Waals surface area (Å²) in [5, 5.41) is 2.38. The van der Waals surface area contributed by atoms with Gasteiger partial charge in [-0.15, -0.1) is 0 Å². The van der Waals surface area contributed by atoms with E-state index >= 15 is 0 Å². The molecule has 148 valence electrons. The van der Waals surface area contributed by atoms with E-state index < -0.39 is 0 Å². The van der Waals surface area contributed by atoms with E-state index in [0.29, 0.717) is 25.4 Å². The monoisotopic (exact) mass is 378 g/mol. The van der Waals surface area contributed by atoms with Crippen molar-refractivity contribution in [2.24, 2.45) is 5.92 Å². The number of amides is 2. The number of benzene rings is 2. The molecule has 4 rings (SSSR count). The number of hydrogen-bond donors (Lipinski definition) is 0. The molecular formula is C24H30N2O2. The Bertz CT molecular complexity index is 831. The van der Waals surface area contributed by atoms with Crippen molar-refractivity contribution in [3.8, 4) is 0 Å². The van der Waals surface area contributed by atoms with E-state index in [1.807, 2.05) is 17.0 Å². The van der Waals surface area contributed by atoms with Crippen LogP contribution in [0.2, 0.25) is 0 Å². The molecular weight excluding hydrogens is 348 g/mol. The number of carbonyl (C=O) groups is 2. The van der Waals surface area contributed by atoms with Gasteiger partial charge in [0.25, 0.3) is 0 Å². The molecule has 0 aliphatic carbocycles. The van der Waals surface area contributed by atoms with Crippen molar-refractivity contribution in [2.45, 2.75) is 44.9 Å². The third kappa shape index (κ3) is 4.37. The van der Waals surface area contributed by atoms with Gasteiger partial charge in [-0.2, -0.15) is 0 Å². The number of fused-ring (bicyclic) bond motifs is 1. The van der Waals surface area contributed by atoms with Crippen LogP contribution in [0.4, 0.5) is 0 Å². The zero-order chi connectivity index (χ0) is 19.3. The standard InChI is InChI=1S/C24H30N2O2/c27-23(18-19-9-10-20-7-3-4-8-22(20)17-19)25-15-11-21(12-16-25)24(28)26-13-5-1-2-6-14-26/h3-4,7-10,17,21H,1-2,5-6,11-16,18H2. The second-order valence-corrected chi connectivity index (χ2v) is 8.25. The van der Waals surface area contributed by atoms with Crippen LogP contribution in [0.1, 0.15) is 44.1 Å². The largest absolute Gasteiger partial charge is 0.342 e. The lowest BCUT2D eigenvalue weighted by Gasteiger charge is -2.34. The zero-order valence-corrected chi connectivity index (χ0v) is 16.6. The summed E-state index contributed by atoms with van der Waals surface area (Å²) in [5.74, 6) is 0.599. The van der Waals surface area contributed by atoms with Gasteiger partial charge in [-0.25, -0.2) is 0 Å². The van der Waals surface area contributed by atoms with Crippen molar-refractivity contribution in [3.63, 3.8) is 0 Å². The minimum Gasteiger partial charge on any atom is -0.342 e. The second-order valence-electron chi connectivity index (χ2n) is 8.25. The van der Waals surface area contributed by atoms with Gasteiger partial charge in [0.05, 0.1) is 6.42 Å². The van der Waals surface area contributed by atoms with Crippen LogP contribution < -0.4 is 0 Å². The normalized spacial score (nSPS) is 18.9. The second kappa shape index (κ2) is 8.76. The molecule has 0 N–H and O–H groups in total. The van der Waals surface area contributed by atoms with E-state index in [9.17, 15) is 9.59 Å². The van der Waals surface area contributed by atoms with Gasteiger partial charge in [0.2, 0.25) is 11.8 Å². The Morgan fingerprint density at radius 3 is 2.18 bits per heavy atom. The molecule has 0 saturated carbocycles. The van der Waals surface area contributed by atoms with Crippen LogP contribution in [0.25, 0.3) is 10.8 Å². The van der Waals surface area contributed by atoms with Gasteiger partial charge in [-0.05, 0) is 42.0 Å². The number of carbonyl (C=O) groups excluding carboxylic acids is 2. The average molecular weight is 379 g/mol. The first kappa shape index (κ1) is 19.0. The Morgan fingerprint density at radius 2 is 1.46 bits per heavy atom. The highest BCUT2D eigenvalue weighted by Gasteiger charge is 2.30. The summed E-state index contributed by atoms with van der Waals surface area (Å²) >= 11 is 0. The minimum atomic E-state index is 0.0998. The molecule has 4 nitrogen and oxygen atoms in total. The van der Waals surface area contributed by atoms with Crippen LogP contribution in [-0.2, 0) is 16.0 Å². The molecule has 2 aliphatic rings. The zero-order valence-electron chi connectivity index (χ0n) is 16.6. The number of likely N-dealkylation sites (tertiary alicyclic amines) is 2. The van der Waals surface area contributed by atoms with Gasteiger partial charge in [0, 0.05) is 32.1 Å². The first-order chi connectivity index (χ1) is 13.7. The highest BCUT2D eigenvalue weighted by Crippen LogP contribution is 2.23. The number of rotatable bonds is 3. The molecule has 2 heterocycles. The third-order valence-corrected chi connectivity index (χ3v) is 6.28. The van der Waals surface area contributed by atoms with Crippen LogP contribution in [0.15, 0.2) is 42.5 Å². The summed E-state index contributed by atoms with van der Waals surface area (Å²) in [7, 11) is 0. The molecule has 2 aromatic rings. The van der Waals surface area contributed by atoms with Gasteiger partial charge in [-0.3, -0.25) is 9.59 Å². The van der Waals surface area contributed by atoms with Gasteiger partial charge >= 0.3 is 0 Å². The maximum Gasteiger partial charge on any atom is 0.226 e. The summed E-state index contributed by atoms with van der Waals surface area (Å²) in [6.45, 7) is 3.24. The summed E-state index contributed by atoms with van der Waals surface area (Å²) in [5.41, 5.74) is 1.06. The number of nitrogens with zero attached hydrogens (tertiary/aromatic N) is 2. The predicted molar refractivity (Wildman–Crippen MR) is 112 cm³/mol. The quantitative estimate of drug-likeness (QED) is 0.809. The molecule has 2 saturated heterocycles. The van der Waals surface area contributed by atoms with Crippen molar-refractivity contribution in [3.05, 3.63) is 48.0 Å². The molecule has 4 heteroatoms. The van der Waals surface area contributed by atoms with Crippen molar-refractivity contribution >= 4 is 22.6 Å². The van der Waals surface area contributed by atoms with E-state index in [1.165, 1.54) is 23.6 Å². The van der Waals surface area contributed by atoms with Gasteiger partial charge < -0.3 is 9.80 Å². The highest BCUT2D eigenvalue weighted by molar-refractivity contribution is 5.85. The first-order valence-corrected chi connectivity index (χ1v) is 10.7. The van der Waals surface area contributed by atoms with Crippen molar-refractivity contribution in [1.82, 2.24) is 9.80 Å². The highest BCUT2D eigenvalue weighted by atomic mass is 16.2. The molecule has 0 spiro atoms. The molecule has 0 bridgehead atoms. The smallest absolute Gasteiger partial charge is 0.226 e. The van der Waals surface area contributed by atoms with Crippen molar-refractivity contribution < 1.29 is 9.59 Å². The molecule has 2 aromatic carbocycles. The molecule has 2 amide bonds. The summed E-state index contributed by atoms with van der Waals surface area (Å²) in [6, 6.07) is 14.5. The summed E-state index contributed by atoms with van der Waals surface area (Å²) in [6.07, 6.45) is 6.80. The van der Waals surface area contributed by atoms with Gasteiger partial charge in [0.15, 0.2) is 0 Å². The Balaban J connectivity index is 1.31. The van der Waals surface area contributed by atoms with Crippen LogP contribution in [-0.4, -0.2) is 47.8 Å². The maximum absolute atomic E-state index is 12.8. The molecule has 2 fully saturated rings. The molecule has 0 aromatic heterocycles. The number of piperidine rings is 1. The molecule has 0 atom stereocenters. The minimum absolute atomic E-state index is 0.0998. The molecule has 0 radical (unpaired) electrons. The molecule has 28 heavy (non-hydrogen) atoms. The van der Waals surface area contributed by atoms with E-state index in [2.05, 4.69) is 35.2 Å². The van der Waals surface area contributed by atoms with Crippen molar-refractivity contribution in [1.29, 1.82) is 0 Å². The van der Waals surface area contributed by atoms with Gasteiger partial charge in [0.1, 0.15) is 0 Å². The fraction of sp³-hybridized carbons (Fsp3) is 0.500. The predicted octanol–water partition coefficient (Wildman–Crippen LogP) is 4.02. The SMILES string of the molecule is O=C(Cc1ccc2ccccc2c1)N1CCC(C(=O)N2CCCCCC2)CC1. The maximum atomic E-state index is 12.8. The Labute approximate surface area is 167 Å². The van der Waals surface area contributed by atoms with E-state index in [-0.39, 0.29) is 11.8 Å². The lowest BCUT2D eigenvalue weighted by atomic mass is 9.94. The van der Waals surface area contributed by atoms with Gasteiger partial charge in [-0.1, -0.05) is 55.3 Å². The van der Waals surface area contributed by atoms with E-state index in [4.69, 9.17) is 0 Å². The van der Waals surface area contributed by atoms with Crippen LogP contribution in [0, 0.1) is 5.92 Å². The van der Waals surface area contributed by atoms with Crippen molar-refractivity contribution in [2.75, 3.05) is 26.2 Å². The summed E-state index contributed by atoms with van der Waals surface area (Å²) in [4.78, 5) is 29.6. The third-order valence-electron chi connectivity index (χ3n) is 6.28. The summed E-state index contributed by atoms with van der Waals surface area (Å²) < 4.78 is 0. The topological polar surface area (TPSA) is 40.6 Å². The van der Waals surface area contributed by atoms with Crippen LogP contribution >= 0.6 is 0 Å². The number of hydrogen-bond acceptors (Lipinski definition) is 2. The van der Waals surface area contributed by atoms with Crippen LogP contribution in [0.3, 0.4) is 0 Å². The van der Waals surface area contributed by atoms with E-state index in [0.717, 1.165) is 44.3 Å². The lowest BCUT2D eigenvalue weighted by Crippen LogP contribution is -2.45. The Kier molecular flexibility index (Phi) is 5.94. The van der Waals surface area contributed by atoms with Crippen LogP contribution in [0.5, 0.6) is 0 Å². The molecule has 0 unspecified atom stereocenters. The first-order valence-electron chi connectivity index (χ1n) is 10.7. The fourth-order valence-corrected chi connectivity index (χ4v) is 4.56. The van der Waals surface area contributed by atoms with E-state index in [1.54, 1.807) is 0 Å². The lowest BCUT2D eigenvalue weighted by molar-refractivity contribution is -0.140. The Morgan fingerprint density at radius 1 is 0.786 bits per heavy atom. The fourth-order valence-electron chi connectivity index (χ4n) is 4.56.